The van der Waals surface area contributed by atoms with Gasteiger partial charge in [-0.1, -0.05) is 0 Å². The summed E-state index contributed by atoms with van der Waals surface area (Å²) in [6.45, 7) is 7.46. The fraction of sp³-hybridized carbons (Fsp3) is 0.571. The summed E-state index contributed by atoms with van der Waals surface area (Å²) in [6, 6.07) is 4.44. The number of aromatic amines is 1. The third-order valence-electron chi connectivity index (χ3n) is 5.77. The Morgan fingerprint density at radius 2 is 2.07 bits per heavy atom. The van der Waals surface area contributed by atoms with Crippen molar-refractivity contribution in [3.05, 3.63) is 43.5 Å². The third-order valence-corrected chi connectivity index (χ3v) is 6.87. The monoisotopic (exact) mass is 416 g/mol. The van der Waals surface area contributed by atoms with Crippen LogP contribution < -0.4 is 10.5 Å². The predicted molar refractivity (Wildman–Crippen MR) is 114 cm³/mol. The molecule has 1 amide bonds. The maximum absolute atomic E-state index is 12.9. The summed E-state index contributed by atoms with van der Waals surface area (Å²) in [6.07, 6.45) is 2.80. The van der Waals surface area contributed by atoms with Crippen LogP contribution in [0.15, 0.2) is 16.9 Å². The highest BCUT2D eigenvalue weighted by atomic mass is 32.1. The maximum Gasteiger partial charge on any atom is 0.255 e. The molecule has 1 atom stereocenters. The van der Waals surface area contributed by atoms with Gasteiger partial charge in [0.15, 0.2) is 0 Å². The van der Waals surface area contributed by atoms with Crippen molar-refractivity contribution < 1.29 is 9.53 Å². The van der Waals surface area contributed by atoms with Crippen molar-refractivity contribution in [2.24, 2.45) is 0 Å². The topological polar surface area (TPSA) is 78.5 Å². The number of H-pyrrole nitrogens is 1. The van der Waals surface area contributed by atoms with E-state index in [-0.39, 0.29) is 17.5 Å². The Labute approximate surface area is 174 Å². The predicted octanol–water partition coefficient (Wildman–Crippen LogP) is 2.58. The Morgan fingerprint density at radius 1 is 1.28 bits per heavy atom. The maximum atomic E-state index is 12.9. The molecule has 2 aliphatic rings. The minimum absolute atomic E-state index is 0.120. The number of rotatable bonds is 5. The molecule has 2 aromatic heterocycles. The molecule has 7 nitrogen and oxygen atoms in total. The van der Waals surface area contributed by atoms with Crippen molar-refractivity contribution in [2.75, 3.05) is 37.7 Å². The number of thiophene rings is 1. The van der Waals surface area contributed by atoms with Crippen LogP contribution in [0.5, 0.6) is 0 Å². The van der Waals surface area contributed by atoms with Gasteiger partial charge >= 0.3 is 0 Å². The van der Waals surface area contributed by atoms with Crippen molar-refractivity contribution >= 4 is 23.2 Å². The van der Waals surface area contributed by atoms with E-state index >= 15 is 0 Å². The van der Waals surface area contributed by atoms with E-state index in [0.717, 1.165) is 32.5 Å². The van der Waals surface area contributed by atoms with Gasteiger partial charge in [-0.15, -0.1) is 11.3 Å². The molecule has 0 aromatic carbocycles. The summed E-state index contributed by atoms with van der Waals surface area (Å²) >= 11 is 1.77. The average Bonchev–Trinajstić information content (AvgIpc) is 3.36. The zero-order chi connectivity index (χ0) is 20.4. The lowest BCUT2D eigenvalue weighted by Crippen LogP contribution is -2.38. The molecule has 0 radical (unpaired) electrons. The Morgan fingerprint density at radius 3 is 2.76 bits per heavy atom. The molecule has 0 spiro atoms. The molecule has 2 aromatic rings. The number of nitrogens with one attached hydrogen (secondary N) is 1. The van der Waals surface area contributed by atoms with Crippen LogP contribution in [0.4, 0.5) is 5.95 Å². The quantitative estimate of drug-likeness (QED) is 0.811. The van der Waals surface area contributed by atoms with E-state index in [2.05, 4.69) is 29.0 Å². The molecule has 4 rings (SSSR count). The van der Waals surface area contributed by atoms with Gasteiger partial charge in [-0.3, -0.25) is 14.6 Å². The molecular formula is C21H28N4O3S. The second-order valence-electron chi connectivity index (χ2n) is 7.75. The minimum atomic E-state index is -0.140. The number of hydrogen-bond acceptors (Lipinski definition) is 6. The standard InChI is InChI=1S/C21H28N4O3S/c1-14-5-7-18(29-14)17-4-3-9-25(17)19(26)8-6-16-15(2)22-21(23-20(16)27)24-10-12-28-13-11-24/h5,7,17H,3-4,6,8-13H2,1-2H3,(H,22,23,27). The first-order chi connectivity index (χ1) is 14.0. The molecule has 2 aliphatic heterocycles. The van der Waals surface area contributed by atoms with Crippen LogP contribution in [0.3, 0.4) is 0 Å². The SMILES string of the molecule is Cc1ccc(C2CCCN2C(=O)CCc2c(C)nc(N3CCOCC3)[nH]c2=O)s1. The highest BCUT2D eigenvalue weighted by Crippen LogP contribution is 2.36. The van der Waals surface area contributed by atoms with E-state index in [1.165, 1.54) is 9.75 Å². The van der Waals surface area contributed by atoms with Gasteiger partial charge in [0.05, 0.1) is 19.3 Å². The highest BCUT2D eigenvalue weighted by Gasteiger charge is 2.30. The van der Waals surface area contributed by atoms with Crippen molar-refractivity contribution in [3.63, 3.8) is 0 Å². The van der Waals surface area contributed by atoms with Crippen LogP contribution in [0.2, 0.25) is 0 Å². The normalized spacial score (nSPS) is 19.7. The molecule has 4 heterocycles. The number of ether oxygens (including phenoxy) is 1. The average molecular weight is 417 g/mol. The fourth-order valence-corrected chi connectivity index (χ4v) is 5.21. The summed E-state index contributed by atoms with van der Waals surface area (Å²) in [5, 5.41) is 0. The van der Waals surface area contributed by atoms with E-state index in [1.807, 2.05) is 16.7 Å². The van der Waals surface area contributed by atoms with E-state index in [1.54, 1.807) is 11.3 Å². The number of aromatic nitrogens is 2. The van der Waals surface area contributed by atoms with Crippen LogP contribution in [0.1, 0.15) is 46.3 Å². The molecule has 2 saturated heterocycles. The summed E-state index contributed by atoms with van der Waals surface area (Å²) in [4.78, 5) is 39.6. The summed E-state index contributed by atoms with van der Waals surface area (Å²) in [5.41, 5.74) is 1.17. The first kappa shape index (κ1) is 20.1. The van der Waals surface area contributed by atoms with E-state index in [0.29, 0.717) is 43.3 Å². The minimum Gasteiger partial charge on any atom is -0.378 e. The van der Waals surface area contributed by atoms with E-state index in [9.17, 15) is 9.59 Å². The first-order valence-corrected chi connectivity index (χ1v) is 11.1. The van der Waals surface area contributed by atoms with Crippen LogP contribution >= 0.6 is 11.3 Å². The molecule has 29 heavy (non-hydrogen) atoms. The van der Waals surface area contributed by atoms with Gasteiger partial charge in [-0.2, -0.15) is 0 Å². The number of aryl methyl sites for hydroxylation is 2. The van der Waals surface area contributed by atoms with E-state index in [4.69, 9.17) is 4.74 Å². The molecule has 156 valence electrons. The number of morpholine rings is 1. The van der Waals surface area contributed by atoms with Gasteiger partial charge in [-0.25, -0.2) is 4.98 Å². The van der Waals surface area contributed by atoms with Crippen LogP contribution in [-0.2, 0) is 16.0 Å². The van der Waals surface area contributed by atoms with Crippen molar-refractivity contribution in [3.8, 4) is 0 Å². The summed E-state index contributed by atoms with van der Waals surface area (Å²) < 4.78 is 5.36. The van der Waals surface area contributed by atoms with Crippen LogP contribution in [0.25, 0.3) is 0 Å². The Kier molecular flexibility index (Phi) is 6.01. The first-order valence-electron chi connectivity index (χ1n) is 10.3. The molecule has 0 bridgehead atoms. The number of hydrogen-bond donors (Lipinski definition) is 1. The second kappa shape index (κ2) is 8.67. The van der Waals surface area contributed by atoms with Gasteiger partial charge in [0.1, 0.15) is 0 Å². The molecule has 1 unspecified atom stereocenters. The number of nitrogens with zero attached hydrogens (tertiary/aromatic N) is 3. The number of carbonyl (C=O) groups is 1. The third kappa shape index (κ3) is 4.38. The zero-order valence-electron chi connectivity index (χ0n) is 17.1. The molecule has 2 fully saturated rings. The molecular weight excluding hydrogens is 388 g/mol. The largest absolute Gasteiger partial charge is 0.378 e. The zero-order valence-corrected chi connectivity index (χ0v) is 17.9. The number of likely N-dealkylation sites (tertiary alicyclic amines) is 1. The summed E-state index contributed by atoms with van der Waals surface area (Å²) in [7, 11) is 0. The molecule has 0 saturated carbocycles. The number of carbonyl (C=O) groups excluding carboxylic acids is 1. The summed E-state index contributed by atoms with van der Waals surface area (Å²) in [5.74, 6) is 0.716. The number of anilines is 1. The Hall–Kier alpha value is -2.19. The Bertz CT molecular complexity index is 932. The lowest BCUT2D eigenvalue weighted by Gasteiger charge is -2.27. The molecule has 1 N–H and O–H groups in total. The van der Waals surface area contributed by atoms with E-state index < -0.39 is 0 Å². The van der Waals surface area contributed by atoms with Gasteiger partial charge in [0.2, 0.25) is 11.9 Å². The van der Waals surface area contributed by atoms with Gasteiger partial charge in [0.25, 0.3) is 5.56 Å². The molecule has 8 heteroatoms. The van der Waals surface area contributed by atoms with Crippen molar-refractivity contribution in [1.82, 2.24) is 14.9 Å². The number of amides is 1. The van der Waals surface area contributed by atoms with Gasteiger partial charge in [-0.05, 0) is 45.2 Å². The van der Waals surface area contributed by atoms with Crippen LogP contribution in [0, 0.1) is 13.8 Å². The second-order valence-corrected chi connectivity index (χ2v) is 9.07. The lowest BCUT2D eigenvalue weighted by molar-refractivity contribution is -0.132. The van der Waals surface area contributed by atoms with Gasteiger partial charge < -0.3 is 14.5 Å². The van der Waals surface area contributed by atoms with Gasteiger partial charge in [0, 0.05) is 47.1 Å². The highest BCUT2D eigenvalue weighted by molar-refractivity contribution is 7.12. The smallest absolute Gasteiger partial charge is 0.255 e. The Balaban J connectivity index is 1.43. The van der Waals surface area contributed by atoms with Crippen LogP contribution in [-0.4, -0.2) is 53.6 Å². The lowest BCUT2D eigenvalue weighted by atomic mass is 10.1. The molecule has 0 aliphatic carbocycles. The fourth-order valence-electron chi connectivity index (χ4n) is 4.18. The van der Waals surface area contributed by atoms with Crippen molar-refractivity contribution in [2.45, 2.75) is 45.6 Å². The van der Waals surface area contributed by atoms with Crippen molar-refractivity contribution in [1.29, 1.82) is 0 Å².